The maximum atomic E-state index is 12.1. The quantitative estimate of drug-likeness (QED) is 0.310. The molecule has 7 heteroatoms. The van der Waals surface area contributed by atoms with E-state index in [1.54, 1.807) is 6.07 Å². The summed E-state index contributed by atoms with van der Waals surface area (Å²) in [6.45, 7) is 8.98. The van der Waals surface area contributed by atoms with Crippen LogP contribution in [0.25, 0.3) is 0 Å². The summed E-state index contributed by atoms with van der Waals surface area (Å²) in [7, 11) is 0. The van der Waals surface area contributed by atoms with Crippen molar-refractivity contribution in [3.63, 3.8) is 0 Å². The van der Waals surface area contributed by atoms with Crippen LogP contribution >= 0.6 is 0 Å². The number of furan rings is 1. The van der Waals surface area contributed by atoms with Gasteiger partial charge >= 0.3 is 0 Å². The van der Waals surface area contributed by atoms with Gasteiger partial charge in [-0.2, -0.15) is 0 Å². The van der Waals surface area contributed by atoms with Crippen LogP contribution in [0.4, 0.5) is 0 Å². The largest absolute Gasteiger partial charge is 0.459 e. The smallest absolute Gasteiger partial charge is 0.287 e. The number of nitrogens with one attached hydrogen (secondary N) is 3. The molecule has 0 saturated carbocycles. The average molecular weight is 426 g/mol. The first-order valence-electron chi connectivity index (χ1n) is 11.3. The van der Waals surface area contributed by atoms with Crippen LogP contribution < -0.4 is 16.0 Å². The Morgan fingerprint density at radius 3 is 2.71 bits per heavy atom. The molecular formula is C24H35N5O2. The van der Waals surface area contributed by atoms with Crippen LogP contribution in [0, 0.1) is 6.92 Å². The molecule has 0 aliphatic carbocycles. The topological polar surface area (TPSA) is 81.9 Å². The summed E-state index contributed by atoms with van der Waals surface area (Å²) in [5.41, 5.74) is 2.21. The number of carbonyl (C=O) groups excluding carboxylic acids is 1. The van der Waals surface area contributed by atoms with Gasteiger partial charge in [0.05, 0.1) is 12.8 Å². The third kappa shape index (κ3) is 7.14. The van der Waals surface area contributed by atoms with Gasteiger partial charge in [0.2, 0.25) is 0 Å². The first-order chi connectivity index (χ1) is 15.2. The van der Waals surface area contributed by atoms with Crippen LogP contribution in [-0.2, 0) is 6.54 Å². The number of rotatable bonds is 10. The predicted molar refractivity (Wildman–Crippen MR) is 124 cm³/mol. The van der Waals surface area contributed by atoms with E-state index in [1.165, 1.54) is 24.7 Å². The number of amides is 1. The van der Waals surface area contributed by atoms with Gasteiger partial charge in [-0.1, -0.05) is 30.3 Å². The maximum absolute atomic E-state index is 12.1. The number of benzene rings is 1. The van der Waals surface area contributed by atoms with Gasteiger partial charge in [0.25, 0.3) is 5.91 Å². The van der Waals surface area contributed by atoms with Crippen LogP contribution in [0.5, 0.6) is 0 Å². The number of hydrogen-bond acceptors (Lipinski definition) is 4. The molecule has 2 aromatic rings. The van der Waals surface area contributed by atoms with E-state index in [9.17, 15) is 4.79 Å². The Kier molecular flexibility index (Phi) is 8.97. The molecule has 3 rings (SSSR count). The van der Waals surface area contributed by atoms with E-state index in [1.807, 2.05) is 6.92 Å². The molecule has 0 spiro atoms. The van der Waals surface area contributed by atoms with E-state index < -0.39 is 0 Å². The molecule has 31 heavy (non-hydrogen) atoms. The van der Waals surface area contributed by atoms with Gasteiger partial charge in [-0.3, -0.25) is 14.7 Å². The fourth-order valence-corrected chi connectivity index (χ4v) is 3.85. The molecule has 1 fully saturated rings. The van der Waals surface area contributed by atoms with E-state index >= 15 is 0 Å². The second-order valence-electron chi connectivity index (χ2n) is 7.94. The van der Waals surface area contributed by atoms with Crippen LogP contribution in [0.2, 0.25) is 0 Å². The average Bonchev–Trinajstić information content (AvgIpc) is 3.41. The van der Waals surface area contributed by atoms with E-state index in [4.69, 9.17) is 9.41 Å². The molecule has 1 amide bonds. The molecule has 1 atom stereocenters. The van der Waals surface area contributed by atoms with E-state index in [2.05, 4.69) is 58.1 Å². The highest BCUT2D eigenvalue weighted by atomic mass is 16.3. The fraction of sp³-hybridized carbons (Fsp3) is 0.500. The van der Waals surface area contributed by atoms with Gasteiger partial charge in [0, 0.05) is 37.8 Å². The van der Waals surface area contributed by atoms with Gasteiger partial charge in [0.15, 0.2) is 11.7 Å². The summed E-state index contributed by atoms with van der Waals surface area (Å²) in [6.07, 6.45) is 4.76. The zero-order valence-corrected chi connectivity index (χ0v) is 18.7. The minimum Gasteiger partial charge on any atom is -0.459 e. The van der Waals surface area contributed by atoms with Crippen molar-refractivity contribution in [2.24, 2.45) is 4.99 Å². The number of nitrogens with zero attached hydrogens (tertiary/aromatic N) is 2. The van der Waals surface area contributed by atoms with E-state index in [-0.39, 0.29) is 5.91 Å². The molecule has 1 saturated heterocycles. The Morgan fingerprint density at radius 1 is 1.16 bits per heavy atom. The molecule has 7 nitrogen and oxygen atoms in total. The lowest BCUT2D eigenvalue weighted by atomic mass is 10.2. The standard InChI is InChI=1S/C24H35N5O2/c1-3-25-24(27-14-8-13-26-23(30)22-19(2)12-16-31-22)28-17-21-11-7-15-29(21)18-20-9-5-4-6-10-20/h4-6,9-10,12,16,21H,3,7-8,11,13-15,17-18H2,1-2H3,(H,26,30)(H2,25,27,28). The number of likely N-dealkylation sites (tertiary alicyclic amines) is 1. The second-order valence-corrected chi connectivity index (χ2v) is 7.94. The molecule has 1 aromatic heterocycles. The summed E-state index contributed by atoms with van der Waals surface area (Å²) in [5, 5.41) is 9.59. The summed E-state index contributed by atoms with van der Waals surface area (Å²) >= 11 is 0. The highest BCUT2D eigenvalue weighted by molar-refractivity contribution is 5.92. The third-order valence-electron chi connectivity index (χ3n) is 5.53. The number of aliphatic imine (C=N–C) groups is 1. The van der Waals surface area contributed by atoms with Crippen molar-refractivity contribution >= 4 is 11.9 Å². The normalized spacial score (nSPS) is 17.0. The van der Waals surface area contributed by atoms with E-state index in [0.717, 1.165) is 50.7 Å². The third-order valence-corrected chi connectivity index (χ3v) is 5.53. The summed E-state index contributed by atoms with van der Waals surface area (Å²) < 4.78 is 5.22. The Morgan fingerprint density at radius 2 is 1.97 bits per heavy atom. The monoisotopic (exact) mass is 425 g/mol. The first kappa shape index (κ1) is 22.9. The minimum absolute atomic E-state index is 0.164. The van der Waals surface area contributed by atoms with Crippen molar-refractivity contribution in [2.75, 3.05) is 32.7 Å². The zero-order chi connectivity index (χ0) is 21.9. The predicted octanol–water partition coefficient (Wildman–Crippen LogP) is 2.93. The SMILES string of the molecule is CCNC(=NCC1CCCN1Cc1ccccc1)NCCCNC(=O)c1occc1C. The summed E-state index contributed by atoms with van der Waals surface area (Å²) in [4.78, 5) is 19.4. The van der Waals surface area contributed by atoms with Crippen LogP contribution in [-0.4, -0.2) is 55.5 Å². The number of hydrogen-bond donors (Lipinski definition) is 3. The molecule has 2 heterocycles. The van der Waals surface area contributed by atoms with Crippen molar-refractivity contribution in [3.05, 3.63) is 59.5 Å². The highest BCUT2D eigenvalue weighted by Crippen LogP contribution is 2.20. The molecule has 168 valence electrons. The summed E-state index contributed by atoms with van der Waals surface area (Å²) in [6, 6.07) is 12.9. The van der Waals surface area contributed by atoms with Crippen molar-refractivity contribution in [1.29, 1.82) is 0 Å². The van der Waals surface area contributed by atoms with Gasteiger partial charge in [-0.05, 0) is 51.3 Å². The Balaban J connectivity index is 1.41. The van der Waals surface area contributed by atoms with E-state index in [0.29, 0.717) is 18.3 Å². The first-order valence-corrected chi connectivity index (χ1v) is 11.3. The lowest BCUT2D eigenvalue weighted by Crippen LogP contribution is -2.40. The van der Waals surface area contributed by atoms with Crippen LogP contribution in [0.1, 0.15) is 47.9 Å². The van der Waals surface area contributed by atoms with Crippen LogP contribution in [0.3, 0.4) is 0 Å². The van der Waals surface area contributed by atoms with Gasteiger partial charge in [-0.15, -0.1) is 0 Å². The van der Waals surface area contributed by atoms with Gasteiger partial charge < -0.3 is 20.4 Å². The molecular weight excluding hydrogens is 390 g/mol. The molecule has 0 radical (unpaired) electrons. The Labute approximate surface area is 185 Å². The molecule has 1 aromatic carbocycles. The zero-order valence-electron chi connectivity index (χ0n) is 18.7. The van der Waals surface area contributed by atoms with Gasteiger partial charge in [0.1, 0.15) is 0 Å². The minimum atomic E-state index is -0.164. The van der Waals surface area contributed by atoms with Crippen molar-refractivity contribution in [3.8, 4) is 0 Å². The van der Waals surface area contributed by atoms with Crippen molar-refractivity contribution in [1.82, 2.24) is 20.9 Å². The lowest BCUT2D eigenvalue weighted by molar-refractivity contribution is 0.0925. The molecule has 1 unspecified atom stereocenters. The maximum Gasteiger partial charge on any atom is 0.287 e. The Hall–Kier alpha value is -2.80. The Bertz CT molecular complexity index is 834. The molecule has 1 aliphatic rings. The highest BCUT2D eigenvalue weighted by Gasteiger charge is 2.24. The van der Waals surface area contributed by atoms with Crippen molar-refractivity contribution in [2.45, 2.75) is 45.7 Å². The summed E-state index contributed by atoms with van der Waals surface area (Å²) in [5.74, 6) is 1.06. The number of guanidine groups is 1. The number of carbonyl (C=O) groups is 1. The van der Waals surface area contributed by atoms with Gasteiger partial charge in [-0.25, -0.2) is 0 Å². The lowest BCUT2D eigenvalue weighted by Gasteiger charge is -2.23. The molecule has 1 aliphatic heterocycles. The second kappa shape index (κ2) is 12.2. The fourth-order valence-electron chi connectivity index (χ4n) is 3.85. The molecule has 3 N–H and O–H groups in total. The van der Waals surface area contributed by atoms with Crippen molar-refractivity contribution < 1.29 is 9.21 Å². The molecule has 0 bridgehead atoms. The number of aryl methyl sites for hydroxylation is 1. The van der Waals surface area contributed by atoms with Crippen LogP contribution in [0.15, 0.2) is 52.1 Å².